The number of benzene rings is 2. The summed E-state index contributed by atoms with van der Waals surface area (Å²) >= 11 is 0. The summed E-state index contributed by atoms with van der Waals surface area (Å²) in [5, 5.41) is 6.16. The Labute approximate surface area is 157 Å². The maximum absolute atomic E-state index is 12.5. The number of hydrogen-bond donors (Lipinski definition) is 2. The number of pyridine rings is 1. The van der Waals surface area contributed by atoms with Crippen molar-refractivity contribution in [2.24, 2.45) is 0 Å². The molecule has 4 rings (SSSR count). The summed E-state index contributed by atoms with van der Waals surface area (Å²) in [6.45, 7) is 2.94. The molecule has 1 aliphatic rings. The summed E-state index contributed by atoms with van der Waals surface area (Å²) in [6, 6.07) is 17.1. The van der Waals surface area contributed by atoms with Crippen LogP contribution < -0.4 is 20.1 Å². The van der Waals surface area contributed by atoms with Crippen LogP contribution in [0.1, 0.15) is 21.6 Å². The summed E-state index contributed by atoms with van der Waals surface area (Å²) in [5.74, 6) is 1.01. The van der Waals surface area contributed by atoms with Crippen LogP contribution >= 0.6 is 0 Å². The quantitative estimate of drug-likeness (QED) is 0.719. The van der Waals surface area contributed by atoms with Crippen LogP contribution in [0.15, 0.2) is 60.8 Å². The van der Waals surface area contributed by atoms with Gasteiger partial charge >= 0.3 is 0 Å². The summed E-state index contributed by atoms with van der Waals surface area (Å²) in [7, 11) is 0. The lowest BCUT2D eigenvalue weighted by molar-refractivity contribution is 0.102. The summed E-state index contributed by atoms with van der Waals surface area (Å²) in [6.07, 6.45) is 1.62. The fourth-order valence-electron chi connectivity index (χ4n) is 2.86. The molecule has 0 unspecified atom stereocenters. The molecule has 1 aliphatic heterocycles. The molecule has 0 atom stereocenters. The van der Waals surface area contributed by atoms with E-state index in [4.69, 9.17) is 9.47 Å². The zero-order valence-corrected chi connectivity index (χ0v) is 14.9. The molecular formula is C21H19N3O3. The molecule has 0 spiro atoms. The number of anilines is 2. The van der Waals surface area contributed by atoms with Crippen LogP contribution in [-0.4, -0.2) is 17.7 Å². The van der Waals surface area contributed by atoms with E-state index < -0.39 is 0 Å². The highest BCUT2D eigenvalue weighted by molar-refractivity contribution is 6.03. The van der Waals surface area contributed by atoms with Gasteiger partial charge in [-0.05, 0) is 36.8 Å². The largest absolute Gasteiger partial charge is 0.454 e. The first-order valence-corrected chi connectivity index (χ1v) is 8.64. The van der Waals surface area contributed by atoms with Gasteiger partial charge in [-0.1, -0.05) is 29.8 Å². The van der Waals surface area contributed by atoms with E-state index >= 15 is 0 Å². The third kappa shape index (κ3) is 4.00. The fraction of sp³-hybridized carbons (Fsp3) is 0.143. The predicted molar refractivity (Wildman–Crippen MR) is 103 cm³/mol. The van der Waals surface area contributed by atoms with Crippen molar-refractivity contribution in [3.63, 3.8) is 0 Å². The Morgan fingerprint density at radius 3 is 2.81 bits per heavy atom. The van der Waals surface area contributed by atoms with E-state index in [0.29, 0.717) is 29.4 Å². The number of nitrogens with one attached hydrogen (secondary N) is 2. The van der Waals surface area contributed by atoms with Crippen molar-refractivity contribution in [3.05, 3.63) is 77.6 Å². The average Bonchev–Trinajstić information content (AvgIpc) is 3.14. The van der Waals surface area contributed by atoms with Gasteiger partial charge in [0.15, 0.2) is 11.5 Å². The maximum Gasteiger partial charge on any atom is 0.274 e. The smallest absolute Gasteiger partial charge is 0.274 e. The Morgan fingerprint density at radius 1 is 1.04 bits per heavy atom. The molecule has 2 aromatic carbocycles. The molecule has 2 N–H and O–H groups in total. The number of rotatable bonds is 5. The van der Waals surface area contributed by atoms with E-state index in [1.807, 2.05) is 12.1 Å². The molecule has 136 valence electrons. The van der Waals surface area contributed by atoms with Crippen molar-refractivity contribution in [1.29, 1.82) is 0 Å². The molecule has 1 aromatic heterocycles. The summed E-state index contributed by atoms with van der Waals surface area (Å²) in [4.78, 5) is 16.7. The Morgan fingerprint density at radius 2 is 1.93 bits per heavy atom. The molecule has 6 nitrogen and oxygen atoms in total. The van der Waals surface area contributed by atoms with Gasteiger partial charge in [-0.25, -0.2) is 0 Å². The van der Waals surface area contributed by atoms with Gasteiger partial charge in [0.2, 0.25) is 6.79 Å². The average molecular weight is 361 g/mol. The first-order valence-electron chi connectivity index (χ1n) is 8.64. The third-order valence-corrected chi connectivity index (χ3v) is 4.20. The van der Waals surface area contributed by atoms with Crippen LogP contribution in [0, 0.1) is 6.92 Å². The van der Waals surface area contributed by atoms with Gasteiger partial charge in [-0.2, -0.15) is 0 Å². The van der Waals surface area contributed by atoms with Crippen LogP contribution in [0.5, 0.6) is 11.5 Å². The third-order valence-electron chi connectivity index (χ3n) is 4.20. The molecule has 0 aliphatic carbocycles. The Kier molecular flexibility index (Phi) is 4.61. The van der Waals surface area contributed by atoms with E-state index in [2.05, 4.69) is 40.7 Å². The topological polar surface area (TPSA) is 72.5 Å². The van der Waals surface area contributed by atoms with Gasteiger partial charge in [-0.3, -0.25) is 9.78 Å². The number of aromatic nitrogens is 1. The number of fused-ring (bicyclic) bond motifs is 1. The molecule has 0 bridgehead atoms. The van der Waals surface area contributed by atoms with Crippen LogP contribution in [0.4, 0.5) is 11.4 Å². The van der Waals surface area contributed by atoms with Crippen molar-refractivity contribution >= 4 is 17.3 Å². The molecular weight excluding hydrogens is 342 g/mol. The van der Waals surface area contributed by atoms with Crippen LogP contribution in [0.2, 0.25) is 0 Å². The number of ether oxygens (including phenoxy) is 2. The minimum absolute atomic E-state index is 0.197. The maximum atomic E-state index is 12.5. The normalized spacial score (nSPS) is 11.9. The molecule has 27 heavy (non-hydrogen) atoms. The van der Waals surface area contributed by atoms with Crippen LogP contribution in [-0.2, 0) is 6.54 Å². The van der Waals surface area contributed by atoms with Crippen LogP contribution in [0.3, 0.4) is 0 Å². The number of aryl methyl sites for hydroxylation is 1. The van der Waals surface area contributed by atoms with Gasteiger partial charge in [0.1, 0.15) is 5.69 Å². The lowest BCUT2D eigenvalue weighted by atomic mass is 10.1. The van der Waals surface area contributed by atoms with Crippen molar-refractivity contribution in [3.8, 4) is 11.5 Å². The van der Waals surface area contributed by atoms with Crippen molar-refractivity contribution in [2.75, 3.05) is 17.4 Å². The molecule has 0 saturated heterocycles. The van der Waals surface area contributed by atoms with Crippen molar-refractivity contribution < 1.29 is 14.3 Å². The first kappa shape index (κ1) is 16.9. The molecule has 1 amide bonds. The predicted octanol–water partition coefficient (Wildman–Crippen LogP) is 3.98. The second-order valence-corrected chi connectivity index (χ2v) is 6.29. The van der Waals surface area contributed by atoms with E-state index in [9.17, 15) is 4.79 Å². The second kappa shape index (κ2) is 7.37. The van der Waals surface area contributed by atoms with Gasteiger partial charge in [0.05, 0.1) is 0 Å². The Bertz CT molecular complexity index is 988. The molecule has 2 heterocycles. The number of carbonyl (C=O) groups is 1. The van der Waals surface area contributed by atoms with Gasteiger partial charge in [-0.15, -0.1) is 0 Å². The number of carbonyl (C=O) groups excluding carboxylic acids is 1. The Balaban J connectivity index is 1.43. The standard InChI is InChI=1S/C21H19N3O3/c1-14-3-2-4-15(9-14)12-23-16-7-8-22-18(10-16)21(25)24-17-5-6-19-20(11-17)27-13-26-19/h2-11H,12-13H2,1H3,(H,22,23)(H,24,25). The van der Waals surface area contributed by atoms with E-state index in [-0.39, 0.29) is 12.7 Å². The monoisotopic (exact) mass is 361 g/mol. The van der Waals surface area contributed by atoms with Gasteiger partial charge in [0, 0.05) is 30.2 Å². The highest BCUT2D eigenvalue weighted by Gasteiger charge is 2.15. The molecule has 6 heteroatoms. The van der Waals surface area contributed by atoms with E-state index in [1.54, 1.807) is 30.5 Å². The zero-order valence-electron chi connectivity index (χ0n) is 14.9. The summed E-state index contributed by atoms with van der Waals surface area (Å²) < 4.78 is 10.6. The summed E-state index contributed by atoms with van der Waals surface area (Å²) in [5.41, 5.74) is 4.19. The minimum atomic E-state index is -0.284. The Hall–Kier alpha value is -3.54. The van der Waals surface area contributed by atoms with Gasteiger partial charge < -0.3 is 20.1 Å². The lowest BCUT2D eigenvalue weighted by Gasteiger charge is -2.09. The van der Waals surface area contributed by atoms with E-state index in [0.717, 1.165) is 5.69 Å². The van der Waals surface area contributed by atoms with E-state index in [1.165, 1.54) is 11.1 Å². The SMILES string of the molecule is Cc1cccc(CNc2ccnc(C(=O)Nc3ccc4c(c3)OCO4)c2)c1. The molecule has 0 fully saturated rings. The zero-order chi connectivity index (χ0) is 18.6. The lowest BCUT2D eigenvalue weighted by Crippen LogP contribution is -2.14. The fourth-order valence-corrected chi connectivity index (χ4v) is 2.86. The van der Waals surface area contributed by atoms with Crippen molar-refractivity contribution in [2.45, 2.75) is 13.5 Å². The highest BCUT2D eigenvalue weighted by atomic mass is 16.7. The second-order valence-electron chi connectivity index (χ2n) is 6.29. The number of amides is 1. The van der Waals surface area contributed by atoms with Gasteiger partial charge in [0.25, 0.3) is 5.91 Å². The first-order chi connectivity index (χ1) is 13.2. The molecule has 0 saturated carbocycles. The molecule has 3 aromatic rings. The number of nitrogens with zero attached hydrogens (tertiary/aromatic N) is 1. The molecule has 0 radical (unpaired) electrons. The highest BCUT2D eigenvalue weighted by Crippen LogP contribution is 2.34. The number of hydrogen-bond acceptors (Lipinski definition) is 5. The van der Waals surface area contributed by atoms with Crippen molar-refractivity contribution in [1.82, 2.24) is 4.98 Å². The minimum Gasteiger partial charge on any atom is -0.454 e. The van der Waals surface area contributed by atoms with Crippen LogP contribution in [0.25, 0.3) is 0 Å².